The average molecular weight is 501 g/mol. The maximum absolute atomic E-state index is 13.5. The fourth-order valence-electron chi connectivity index (χ4n) is 4.72. The molecule has 1 N–H and O–H groups in total. The first-order valence-corrected chi connectivity index (χ1v) is 12.7. The zero-order valence-electron chi connectivity index (χ0n) is 20.1. The van der Waals surface area contributed by atoms with E-state index < -0.39 is 10.0 Å². The quantitative estimate of drug-likeness (QED) is 0.552. The fourth-order valence-corrected chi connectivity index (χ4v) is 6.58. The molecule has 0 bridgehead atoms. The average Bonchev–Trinajstić information content (AvgIpc) is 3.36. The minimum atomic E-state index is -3.74. The van der Waals surface area contributed by atoms with E-state index >= 15 is 0 Å². The highest BCUT2D eigenvalue weighted by molar-refractivity contribution is 7.89. The molecule has 1 atom stereocenters. The standard InChI is InChI=1S/C22H28N8O4S/c1-14-21(15(2)27(3)26-14)35(32,33)30-8-7-29-11-20(31)25-18-9-16(22-23-13-24-28(22)4)5-6-19(18)34-12-17(29)10-30/h5-6,9,13,17H,7-8,10-12H2,1-4H3,(H,25,31)/t17-/m1/s1. The van der Waals surface area contributed by atoms with Gasteiger partial charge in [0, 0.05) is 39.3 Å². The van der Waals surface area contributed by atoms with Gasteiger partial charge in [-0.15, -0.1) is 0 Å². The van der Waals surface area contributed by atoms with Crippen molar-refractivity contribution in [3.63, 3.8) is 0 Å². The van der Waals surface area contributed by atoms with Gasteiger partial charge < -0.3 is 10.1 Å². The lowest BCUT2D eigenvalue weighted by atomic mass is 10.1. The lowest BCUT2D eigenvalue weighted by Crippen LogP contribution is -2.57. The molecular weight excluding hydrogens is 472 g/mol. The monoisotopic (exact) mass is 500 g/mol. The molecule has 1 saturated heterocycles. The molecule has 35 heavy (non-hydrogen) atoms. The zero-order chi connectivity index (χ0) is 24.9. The van der Waals surface area contributed by atoms with Crippen molar-refractivity contribution in [3.05, 3.63) is 35.9 Å². The van der Waals surface area contributed by atoms with Crippen molar-refractivity contribution in [2.24, 2.45) is 14.1 Å². The van der Waals surface area contributed by atoms with Gasteiger partial charge in [0.1, 0.15) is 23.6 Å². The zero-order valence-corrected chi connectivity index (χ0v) is 20.9. The summed E-state index contributed by atoms with van der Waals surface area (Å²) in [7, 11) is -0.210. The molecule has 0 unspecified atom stereocenters. The predicted octanol–water partition coefficient (Wildman–Crippen LogP) is 0.538. The van der Waals surface area contributed by atoms with E-state index in [0.717, 1.165) is 5.56 Å². The van der Waals surface area contributed by atoms with Gasteiger partial charge in [-0.05, 0) is 32.0 Å². The van der Waals surface area contributed by atoms with Gasteiger partial charge in [0.15, 0.2) is 5.82 Å². The Kier molecular flexibility index (Phi) is 5.85. The number of aryl methyl sites for hydroxylation is 3. The number of anilines is 1. The molecule has 3 aromatic rings. The van der Waals surface area contributed by atoms with Gasteiger partial charge in [-0.3, -0.25) is 14.4 Å². The van der Waals surface area contributed by atoms with E-state index in [-0.39, 0.29) is 43.1 Å². The van der Waals surface area contributed by atoms with Crippen molar-refractivity contribution < 1.29 is 17.9 Å². The van der Waals surface area contributed by atoms with E-state index in [4.69, 9.17) is 4.74 Å². The van der Waals surface area contributed by atoms with Crippen LogP contribution in [0.5, 0.6) is 5.75 Å². The van der Waals surface area contributed by atoms with Crippen LogP contribution in [0.25, 0.3) is 11.4 Å². The Bertz CT molecular complexity index is 1400. The molecule has 1 aromatic carbocycles. The minimum Gasteiger partial charge on any atom is -0.490 e. The molecule has 1 fully saturated rings. The van der Waals surface area contributed by atoms with E-state index in [0.29, 0.717) is 35.2 Å². The molecule has 13 heteroatoms. The first kappa shape index (κ1) is 23.5. The number of nitrogens with zero attached hydrogens (tertiary/aromatic N) is 7. The molecule has 0 aliphatic carbocycles. The number of rotatable bonds is 3. The van der Waals surface area contributed by atoms with E-state index in [2.05, 4.69) is 20.5 Å². The summed E-state index contributed by atoms with van der Waals surface area (Å²) < 4.78 is 37.8. The molecule has 0 saturated carbocycles. The number of hydrogen-bond acceptors (Lipinski definition) is 8. The van der Waals surface area contributed by atoms with Gasteiger partial charge in [0.2, 0.25) is 15.9 Å². The minimum absolute atomic E-state index is 0.139. The van der Waals surface area contributed by atoms with Gasteiger partial charge in [-0.2, -0.15) is 14.5 Å². The van der Waals surface area contributed by atoms with Gasteiger partial charge in [0.25, 0.3) is 0 Å². The SMILES string of the molecule is Cc1nn(C)c(C)c1S(=O)(=O)N1CCN2CC(=O)Nc3cc(-c4ncnn4C)ccc3OC[C@H]2C1. The van der Waals surface area contributed by atoms with Crippen LogP contribution in [0.4, 0.5) is 5.69 Å². The summed E-state index contributed by atoms with van der Waals surface area (Å²) >= 11 is 0. The normalized spacial score (nSPS) is 19.7. The number of piperazine rings is 1. The van der Waals surface area contributed by atoms with Gasteiger partial charge in [-0.25, -0.2) is 18.1 Å². The summed E-state index contributed by atoms with van der Waals surface area (Å²) in [5, 5.41) is 11.3. The van der Waals surface area contributed by atoms with Crippen LogP contribution < -0.4 is 10.1 Å². The topological polar surface area (TPSA) is 127 Å². The van der Waals surface area contributed by atoms with Crippen molar-refractivity contribution in [1.29, 1.82) is 0 Å². The van der Waals surface area contributed by atoms with Crippen LogP contribution in [0.3, 0.4) is 0 Å². The summed E-state index contributed by atoms with van der Waals surface area (Å²) in [6, 6.07) is 5.17. The first-order valence-electron chi connectivity index (χ1n) is 11.3. The Balaban J connectivity index is 1.40. The van der Waals surface area contributed by atoms with Crippen molar-refractivity contribution in [2.75, 3.05) is 38.1 Å². The maximum atomic E-state index is 13.5. The van der Waals surface area contributed by atoms with Crippen LogP contribution in [0.2, 0.25) is 0 Å². The number of nitrogens with one attached hydrogen (secondary N) is 1. The lowest BCUT2D eigenvalue weighted by molar-refractivity contribution is -0.118. The van der Waals surface area contributed by atoms with E-state index in [9.17, 15) is 13.2 Å². The van der Waals surface area contributed by atoms with Gasteiger partial charge >= 0.3 is 0 Å². The highest BCUT2D eigenvalue weighted by Crippen LogP contribution is 2.32. The summed E-state index contributed by atoms with van der Waals surface area (Å²) in [5.41, 5.74) is 2.42. The maximum Gasteiger partial charge on any atom is 0.246 e. The molecule has 2 aromatic heterocycles. The summed E-state index contributed by atoms with van der Waals surface area (Å²) in [4.78, 5) is 19.4. The number of carbonyl (C=O) groups is 1. The fraction of sp³-hybridized carbons (Fsp3) is 0.455. The number of sulfonamides is 1. The van der Waals surface area contributed by atoms with Crippen LogP contribution in [0.15, 0.2) is 29.4 Å². The summed E-state index contributed by atoms with van der Waals surface area (Å²) in [6.07, 6.45) is 1.47. The first-order chi connectivity index (χ1) is 16.6. The second-order valence-corrected chi connectivity index (χ2v) is 10.8. The summed E-state index contributed by atoms with van der Waals surface area (Å²) in [6.45, 7) is 4.75. The van der Waals surface area contributed by atoms with Crippen molar-refractivity contribution in [1.82, 2.24) is 33.8 Å². The Morgan fingerprint density at radius 2 is 1.94 bits per heavy atom. The Morgan fingerprint density at radius 1 is 1.14 bits per heavy atom. The van der Waals surface area contributed by atoms with Gasteiger partial charge in [-0.1, -0.05) is 0 Å². The van der Waals surface area contributed by atoms with Crippen LogP contribution in [0, 0.1) is 13.8 Å². The Labute approximate surface area is 203 Å². The lowest BCUT2D eigenvalue weighted by Gasteiger charge is -2.39. The molecule has 12 nitrogen and oxygen atoms in total. The molecule has 5 rings (SSSR count). The number of ether oxygens (including phenoxy) is 1. The third-order valence-corrected chi connectivity index (χ3v) is 8.73. The third kappa shape index (κ3) is 4.19. The third-order valence-electron chi connectivity index (χ3n) is 6.61. The predicted molar refractivity (Wildman–Crippen MR) is 127 cm³/mol. The van der Waals surface area contributed by atoms with Crippen LogP contribution in [-0.4, -0.2) is 86.9 Å². The van der Waals surface area contributed by atoms with Crippen molar-refractivity contribution >= 4 is 21.6 Å². The number of benzene rings is 1. The highest BCUT2D eigenvalue weighted by Gasteiger charge is 2.38. The second kappa shape index (κ2) is 8.73. The number of carbonyl (C=O) groups excluding carboxylic acids is 1. The Hall–Kier alpha value is -3.29. The number of fused-ring (bicyclic) bond motifs is 2. The molecular formula is C22H28N8O4S. The van der Waals surface area contributed by atoms with Gasteiger partial charge in [0.05, 0.1) is 29.7 Å². The second-order valence-electron chi connectivity index (χ2n) is 8.89. The van der Waals surface area contributed by atoms with Crippen LogP contribution >= 0.6 is 0 Å². The number of amides is 1. The van der Waals surface area contributed by atoms with Crippen LogP contribution in [0.1, 0.15) is 11.4 Å². The van der Waals surface area contributed by atoms with E-state index in [1.165, 1.54) is 10.6 Å². The largest absolute Gasteiger partial charge is 0.490 e. The van der Waals surface area contributed by atoms with Crippen molar-refractivity contribution in [3.8, 4) is 17.1 Å². The molecule has 4 heterocycles. The number of hydrogen-bond donors (Lipinski definition) is 1. The molecule has 2 aliphatic rings. The van der Waals surface area contributed by atoms with Crippen molar-refractivity contribution in [2.45, 2.75) is 24.8 Å². The molecule has 2 aliphatic heterocycles. The molecule has 1 amide bonds. The molecule has 0 radical (unpaired) electrons. The molecule has 0 spiro atoms. The Morgan fingerprint density at radius 3 is 2.63 bits per heavy atom. The smallest absolute Gasteiger partial charge is 0.246 e. The summed E-state index contributed by atoms with van der Waals surface area (Å²) in [5.74, 6) is 0.998. The highest BCUT2D eigenvalue weighted by atomic mass is 32.2. The van der Waals surface area contributed by atoms with Crippen LogP contribution in [-0.2, 0) is 28.9 Å². The molecule has 186 valence electrons. The van der Waals surface area contributed by atoms with E-state index in [1.807, 2.05) is 17.0 Å². The number of aromatic nitrogens is 5. The van der Waals surface area contributed by atoms with E-state index in [1.54, 1.807) is 43.4 Å².